The van der Waals surface area contributed by atoms with Crippen LogP contribution >= 0.6 is 0 Å². The van der Waals surface area contributed by atoms with E-state index in [0.717, 1.165) is 74.4 Å². The Kier molecular flexibility index (Phi) is 6.31. The highest BCUT2D eigenvalue weighted by Gasteiger charge is 2.35. The number of nitrogens with zero attached hydrogens (tertiary/aromatic N) is 6. The lowest BCUT2D eigenvalue weighted by atomic mass is 9.79. The molecule has 1 aliphatic carbocycles. The molecule has 1 aliphatic heterocycles. The quantitative estimate of drug-likeness (QED) is 0.436. The number of halogens is 1. The third-order valence-electron chi connectivity index (χ3n) is 7.93. The number of likely N-dealkylation sites (N-methyl/N-ethyl adjacent to an activating group) is 1. The van der Waals surface area contributed by atoms with Crippen LogP contribution in [-0.2, 0) is 13.1 Å². The van der Waals surface area contributed by atoms with Crippen LogP contribution in [0.25, 0.3) is 33.5 Å². The number of H-pyrrole nitrogens is 1. The molecule has 6 rings (SSSR count). The molecule has 1 fully saturated rings. The SMILES string of the molecule is CN(C)CCN1CCn2c(c([C@@H]3CCCC[C@H]3F)c3ccccc32)-c2c(cccc2-c2nn[nH]n2)C1. The zero-order valence-electron chi connectivity index (χ0n) is 21.1. The normalized spacial score (nSPS) is 20.8. The largest absolute Gasteiger partial charge is 0.339 e. The van der Waals surface area contributed by atoms with E-state index in [1.807, 2.05) is 0 Å². The maximum absolute atomic E-state index is 15.6. The molecule has 2 aromatic heterocycles. The topological polar surface area (TPSA) is 65.9 Å². The van der Waals surface area contributed by atoms with Crippen LogP contribution in [0, 0.1) is 0 Å². The van der Waals surface area contributed by atoms with Gasteiger partial charge in [-0.25, -0.2) is 4.39 Å². The van der Waals surface area contributed by atoms with Crippen molar-refractivity contribution in [1.29, 1.82) is 0 Å². The highest BCUT2D eigenvalue weighted by Crippen LogP contribution is 2.48. The van der Waals surface area contributed by atoms with Crippen LogP contribution in [0.3, 0.4) is 0 Å². The predicted octanol–water partition coefficient (Wildman–Crippen LogP) is 4.86. The van der Waals surface area contributed by atoms with Crippen LogP contribution in [-0.4, -0.2) is 74.9 Å². The molecule has 4 aromatic rings. The van der Waals surface area contributed by atoms with Gasteiger partial charge in [0, 0.05) is 60.7 Å². The van der Waals surface area contributed by atoms with E-state index >= 15 is 4.39 Å². The molecule has 188 valence electrons. The minimum absolute atomic E-state index is 0.102. The second-order valence-electron chi connectivity index (χ2n) is 10.5. The standard InChI is InChI=1S/C28H34FN7/c1-34(2)14-15-35-16-17-36-24-13-6-4-10-21(24)26(20-9-3-5-12-23(20)29)27(36)25-19(18-35)8-7-11-22(25)28-30-32-33-31-28/h4,6-8,10-11,13,20,23H,3,5,9,12,14-18H2,1-2H3,(H,30,31,32,33)/t20-,23-/m1/s1. The van der Waals surface area contributed by atoms with Crippen LogP contribution in [0.2, 0.25) is 0 Å². The average molecular weight is 488 g/mol. The van der Waals surface area contributed by atoms with Crippen molar-refractivity contribution in [2.24, 2.45) is 0 Å². The first-order valence-electron chi connectivity index (χ1n) is 13.1. The number of fused-ring (bicyclic) bond motifs is 5. The van der Waals surface area contributed by atoms with Crippen molar-refractivity contribution in [3.63, 3.8) is 0 Å². The van der Waals surface area contributed by atoms with E-state index in [2.05, 4.69) is 91.6 Å². The van der Waals surface area contributed by atoms with Gasteiger partial charge in [-0.05, 0) is 49.3 Å². The van der Waals surface area contributed by atoms with E-state index in [0.29, 0.717) is 12.2 Å². The molecule has 0 bridgehead atoms. The van der Waals surface area contributed by atoms with Gasteiger partial charge in [0.1, 0.15) is 6.17 Å². The first-order valence-corrected chi connectivity index (χ1v) is 13.1. The van der Waals surface area contributed by atoms with E-state index in [1.165, 1.54) is 16.5 Å². The Morgan fingerprint density at radius 2 is 1.92 bits per heavy atom. The summed E-state index contributed by atoms with van der Waals surface area (Å²) in [5.74, 6) is 0.478. The van der Waals surface area contributed by atoms with Crippen molar-refractivity contribution < 1.29 is 4.39 Å². The molecule has 36 heavy (non-hydrogen) atoms. The molecule has 1 N–H and O–H groups in total. The van der Waals surface area contributed by atoms with Gasteiger partial charge >= 0.3 is 0 Å². The van der Waals surface area contributed by atoms with Gasteiger partial charge in [-0.3, -0.25) is 4.90 Å². The predicted molar refractivity (Wildman–Crippen MR) is 140 cm³/mol. The fourth-order valence-electron chi connectivity index (χ4n) is 6.19. The van der Waals surface area contributed by atoms with Crippen molar-refractivity contribution in [2.75, 3.05) is 33.7 Å². The van der Waals surface area contributed by atoms with Gasteiger partial charge in [0.25, 0.3) is 0 Å². The van der Waals surface area contributed by atoms with Gasteiger partial charge in [-0.1, -0.05) is 49.2 Å². The number of rotatable bonds is 5. The molecule has 1 saturated carbocycles. The monoisotopic (exact) mass is 487 g/mol. The van der Waals surface area contributed by atoms with Gasteiger partial charge in [0.2, 0.25) is 5.82 Å². The van der Waals surface area contributed by atoms with Gasteiger partial charge in [0.05, 0.1) is 5.69 Å². The highest BCUT2D eigenvalue weighted by molar-refractivity contribution is 5.96. The van der Waals surface area contributed by atoms with Crippen molar-refractivity contribution in [3.05, 3.63) is 53.6 Å². The van der Waals surface area contributed by atoms with Crippen molar-refractivity contribution in [1.82, 2.24) is 35.0 Å². The third-order valence-corrected chi connectivity index (χ3v) is 7.93. The van der Waals surface area contributed by atoms with Crippen molar-refractivity contribution in [3.8, 4) is 22.6 Å². The maximum atomic E-state index is 15.6. The minimum Gasteiger partial charge on any atom is -0.339 e. The molecular formula is C28H34FN7. The average Bonchev–Trinajstić information content (AvgIpc) is 3.51. The van der Waals surface area contributed by atoms with Crippen LogP contribution in [0.1, 0.15) is 42.7 Å². The van der Waals surface area contributed by atoms with Crippen LogP contribution in [0.4, 0.5) is 4.39 Å². The lowest BCUT2D eigenvalue weighted by Gasteiger charge is -2.31. The first-order chi connectivity index (χ1) is 17.6. The molecule has 3 heterocycles. The van der Waals surface area contributed by atoms with Gasteiger partial charge in [0.15, 0.2) is 0 Å². The number of aromatic amines is 1. The summed E-state index contributed by atoms with van der Waals surface area (Å²) in [5.41, 5.74) is 6.80. The Morgan fingerprint density at radius 1 is 1.06 bits per heavy atom. The zero-order chi connectivity index (χ0) is 24.6. The summed E-state index contributed by atoms with van der Waals surface area (Å²) in [6, 6.07) is 14.9. The Hall–Kier alpha value is -3.10. The summed E-state index contributed by atoms with van der Waals surface area (Å²) < 4.78 is 18.1. The fraction of sp³-hybridized carbons (Fsp3) is 0.464. The molecule has 0 unspecified atom stereocenters. The number of benzene rings is 2. The lowest BCUT2D eigenvalue weighted by molar-refractivity contribution is 0.216. The second kappa shape index (κ2) is 9.75. The molecular weight excluding hydrogens is 453 g/mol. The molecule has 2 atom stereocenters. The lowest BCUT2D eigenvalue weighted by Crippen LogP contribution is -2.35. The van der Waals surface area contributed by atoms with Gasteiger partial charge in [-0.2, -0.15) is 5.21 Å². The molecule has 7 nitrogen and oxygen atoms in total. The molecule has 8 heteroatoms. The number of para-hydroxylation sites is 1. The van der Waals surface area contributed by atoms with E-state index in [9.17, 15) is 0 Å². The van der Waals surface area contributed by atoms with Crippen molar-refractivity contribution >= 4 is 10.9 Å². The number of alkyl halides is 1. The van der Waals surface area contributed by atoms with Gasteiger partial charge < -0.3 is 9.47 Å². The summed E-state index contributed by atoms with van der Waals surface area (Å²) in [6.45, 7) is 4.60. The number of nitrogens with one attached hydrogen (secondary N) is 1. The number of aromatic nitrogens is 5. The third kappa shape index (κ3) is 4.12. The summed E-state index contributed by atoms with van der Waals surface area (Å²) in [5, 5.41) is 16.4. The Bertz CT molecular complexity index is 1340. The molecule has 0 spiro atoms. The van der Waals surface area contributed by atoms with E-state index in [4.69, 9.17) is 0 Å². The van der Waals surface area contributed by atoms with Crippen LogP contribution in [0.15, 0.2) is 42.5 Å². The molecule has 2 aromatic carbocycles. The minimum atomic E-state index is -0.822. The molecule has 0 amide bonds. The van der Waals surface area contributed by atoms with Crippen LogP contribution < -0.4 is 0 Å². The van der Waals surface area contributed by atoms with Crippen LogP contribution in [0.5, 0.6) is 0 Å². The van der Waals surface area contributed by atoms with E-state index in [1.54, 1.807) is 0 Å². The Labute approximate surface area is 211 Å². The van der Waals surface area contributed by atoms with E-state index in [-0.39, 0.29) is 5.92 Å². The zero-order valence-corrected chi connectivity index (χ0v) is 21.1. The van der Waals surface area contributed by atoms with Crippen molar-refractivity contribution in [2.45, 2.75) is 50.9 Å². The fourth-order valence-corrected chi connectivity index (χ4v) is 6.19. The molecule has 0 radical (unpaired) electrons. The number of tetrazole rings is 1. The summed E-state index contributed by atoms with van der Waals surface area (Å²) >= 11 is 0. The summed E-state index contributed by atoms with van der Waals surface area (Å²) in [6.07, 6.45) is 2.74. The maximum Gasteiger partial charge on any atom is 0.205 e. The van der Waals surface area contributed by atoms with E-state index < -0.39 is 6.17 Å². The molecule has 0 saturated heterocycles. The summed E-state index contributed by atoms with van der Waals surface area (Å²) in [7, 11) is 4.24. The van der Waals surface area contributed by atoms with Gasteiger partial charge in [-0.15, -0.1) is 10.2 Å². The first kappa shape index (κ1) is 23.3. The Balaban J connectivity index is 1.62. The highest BCUT2D eigenvalue weighted by atomic mass is 19.1. The second-order valence-corrected chi connectivity index (χ2v) is 10.5. The number of hydrogen-bond donors (Lipinski definition) is 1. The smallest absolute Gasteiger partial charge is 0.205 e. The summed E-state index contributed by atoms with van der Waals surface area (Å²) in [4.78, 5) is 4.75. The molecule has 2 aliphatic rings. The Morgan fingerprint density at radius 3 is 2.72 bits per heavy atom. The number of hydrogen-bond acceptors (Lipinski definition) is 5.